The summed E-state index contributed by atoms with van der Waals surface area (Å²) in [6, 6.07) is 52.5. The van der Waals surface area contributed by atoms with Crippen LogP contribution in [0.5, 0.6) is 0 Å². The van der Waals surface area contributed by atoms with Crippen molar-refractivity contribution in [3.05, 3.63) is 157 Å². The van der Waals surface area contributed by atoms with Gasteiger partial charge in [-0.1, -0.05) is 161 Å². The van der Waals surface area contributed by atoms with Crippen LogP contribution in [0.3, 0.4) is 0 Å². The molecule has 0 aliphatic rings. The van der Waals surface area contributed by atoms with Gasteiger partial charge in [0.2, 0.25) is 0 Å². The molecule has 0 nitrogen and oxygen atoms in total. The molecule has 4 radical (unpaired) electrons. The standard InChI is InChI=1S/2C20H15.2C3H9Si.2ClH.Si.Zr/c2*1-14-12-16-8-5-11-19(20(16)13-14)18-10-4-7-15-6-2-3-9-17(15)18;2*1-4(2)3;;;;/h2*2-13H,1H3;2*1-3H3;2*1H;;/q2*-1;;;;;;+2. The summed E-state index contributed by atoms with van der Waals surface area (Å²) in [6.45, 7) is 21.0. The molecule has 0 unspecified atom stereocenters. The molecule has 0 N–H and O–H groups in total. The number of hydrogen-bond acceptors (Lipinski definition) is 0. The molecule has 0 saturated heterocycles. The van der Waals surface area contributed by atoms with Gasteiger partial charge in [-0.05, 0) is 32.7 Å². The van der Waals surface area contributed by atoms with E-state index in [0.29, 0.717) is 0 Å². The van der Waals surface area contributed by atoms with E-state index in [1.807, 2.05) is 0 Å². The second-order valence-electron chi connectivity index (χ2n) is 13.7. The maximum absolute atomic E-state index is 3.06. The summed E-state index contributed by atoms with van der Waals surface area (Å²) < 4.78 is 0. The molecule has 6 heteroatoms. The van der Waals surface area contributed by atoms with Gasteiger partial charge in [-0.3, -0.25) is 0 Å². The van der Waals surface area contributed by atoms with Gasteiger partial charge in [0.15, 0.2) is 0 Å². The van der Waals surface area contributed by atoms with E-state index in [2.05, 4.69) is 206 Å². The van der Waals surface area contributed by atoms with Crippen LogP contribution in [0.25, 0.3) is 65.3 Å². The number of aryl methyl sites for hydroxylation is 2. The molecule has 0 aromatic heterocycles. The molecule has 264 valence electrons. The fourth-order valence-corrected chi connectivity index (χ4v) is 6.16. The Morgan fingerprint density at radius 1 is 0.404 bits per heavy atom. The first-order valence-corrected chi connectivity index (χ1v) is 27.4. The van der Waals surface area contributed by atoms with Gasteiger partial charge in [0, 0.05) is 17.6 Å². The number of hydrogen-bond donors (Lipinski definition) is 0. The molecule has 52 heavy (non-hydrogen) atoms. The average molecular weight is 849 g/mol. The Balaban J connectivity index is 0.000000280. The summed E-state index contributed by atoms with van der Waals surface area (Å²) in [4.78, 5) is 0. The predicted octanol–water partition coefficient (Wildman–Crippen LogP) is 14.6. The molecular weight excluding hydrogens is 799 g/mol. The Labute approximate surface area is 345 Å². The van der Waals surface area contributed by atoms with Crippen LogP contribution in [-0.4, -0.2) is 24.5 Å². The van der Waals surface area contributed by atoms with Crippen LogP contribution in [0.4, 0.5) is 0 Å². The van der Waals surface area contributed by atoms with Gasteiger partial charge in [-0.25, -0.2) is 0 Å². The van der Waals surface area contributed by atoms with E-state index < -0.39 is 0 Å². The van der Waals surface area contributed by atoms with E-state index in [-0.39, 0.29) is 42.4 Å². The summed E-state index contributed by atoms with van der Waals surface area (Å²) >= 11 is 1.36. The molecule has 0 heterocycles. The van der Waals surface area contributed by atoms with Crippen molar-refractivity contribution in [3.63, 3.8) is 0 Å². The van der Waals surface area contributed by atoms with Crippen molar-refractivity contribution in [3.8, 4) is 22.3 Å². The zero-order valence-corrected chi connectivity index (χ0v) is 38.8. The summed E-state index contributed by atoms with van der Waals surface area (Å²) in [5, 5.41) is 10.6. The number of fused-ring (bicyclic) bond motifs is 4. The van der Waals surface area contributed by atoms with Crippen LogP contribution in [0.1, 0.15) is 11.1 Å². The number of halogens is 2. The molecule has 0 bridgehead atoms. The second kappa shape index (κ2) is 22.4. The van der Waals surface area contributed by atoms with Crippen molar-refractivity contribution in [1.82, 2.24) is 0 Å². The van der Waals surface area contributed by atoms with Crippen molar-refractivity contribution < 1.29 is 23.3 Å². The molecule has 0 aliphatic heterocycles. The molecule has 8 aromatic carbocycles. The summed E-state index contributed by atoms with van der Waals surface area (Å²) in [6.07, 6.45) is 0. The van der Waals surface area contributed by atoms with E-state index in [4.69, 9.17) is 0 Å². The molecule has 8 aromatic rings. The Morgan fingerprint density at radius 3 is 1.02 bits per heavy atom. The van der Waals surface area contributed by atoms with Crippen LogP contribution in [-0.2, 0) is 23.3 Å². The fraction of sp³-hybridized carbons (Fsp3) is 0.174. The maximum atomic E-state index is 3.06. The van der Waals surface area contributed by atoms with Crippen molar-refractivity contribution in [2.45, 2.75) is 53.1 Å². The second-order valence-corrected chi connectivity index (χ2v) is 19.7. The van der Waals surface area contributed by atoms with Crippen LogP contribution in [0.2, 0.25) is 39.3 Å². The van der Waals surface area contributed by atoms with Gasteiger partial charge in [-0.2, -0.15) is 12.1 Å². The van der Waals surface area contributed by atoms with E-state index in [0.717, 1.165) is 0 Å². The van der Waals surface area contributed by atoms with Gasteiger partial charge < -0.3 is 0 Å². The van der Waals surface area contributed by atoms with E-state index >= 15 is 0 Å². The minimum atomic E-state index is 0. The van der Waals surface area contributed by atoms with Crippen molar-refractivity contribution in [2.75, 3.05) is 0 Å². The Hall–Kier alpha value is -2.83. The minimum absolute atomic E-state index is 0. The zero-order valence-electron chi connectivity index (χ0n) is 31.7. The predicted molar refractivity (Wildman–Crippen MR) is 241 cm³/mol. The van der Waals surface area contributed by atoms with E-state index in [9.17, 15) is 0 Å². The SMILES string of the molecule is C[Si](C)C.C[Si](C)C.Cc1cc2c(-c3cccc4ccccc34)cccc2[cH-]1.Cc1cc2c(-c3cccc4ccccc34)cccc2[cH-]1.Cl.Cl.[Si]=[Zr+2]. The summed E-state index contributed by atoms with van der Waals surface area (Å²) in [5.41, 5.74) is 7.94. The first kappa shape index (κ1) is 45.3. The molecule has 0 atom stereocenters. The monoisotopic (exact) mass is 846 g/mol. The quantitative estimate of drug-likeness (QED) is 0.120. The average Bonchev–Trinajstić information content (AvgIpc) is 3.69. The Kier molecular flexibility index (Phi) is 19.5. The Morgan fingerprint density at radius 2 is 0.673 bits per heavy atom. The molecule has 0 spiro atoms. The third-order valence-electron chi connectivity index (χ3n) is 7.95. The van der Waals surface area contributed by atoms with Gasteiger partial charge >= 0.3 is 30.2 Å². The van der Waals surface area contributed by atoms with Gasteiger partial charge in [0.05, 0.1) is 0 Å². The third kappa shape index (κ3) is 12.1. The first-order chi connectivity index (χ1) is 24.1. The van der Waals surface area contributed by atoms with Crippen LogP contribution in [0.15, 0.2) is 146 Å². The molecule has 0 amide bonds. The van der Waals surface area contributed by atoms with Crippen LogP contribution in [0, 0.1) is 13.8 Å². The van der Waals surface area contributed by atoms with Gasteiger partial charge in [0.25, 0.3) is 0 Å². The zero-order chi connectivity index (χ0) is 36.2. The fourth-order valence-electron chi connectivity index (χ4n) is 6.16. The molecule has 0 fully saturated rings. The van der Waals surface area contributed by atoms with E-state index in [1.54, 1.807) is 0 Å². The molecule has 8 rings (SSSR count). The number of benzene rings is 6. The third-order valence-corrected chi connectivity index (χ3v) is 7.95. The van der Waals surface area contributed by atoms with Crippen LogP contribution >= 0.6 is 24.8 Å². The summed E-state index contributed by atoms with van der Waals surface area (Å²) in [7, 11) is 0.241. The van der Waals surface area contributed by atoms with Crippen molar-refractivity contribution >= 4 is 92.4 Å². The Bertz CT molecular complexity index is 2110. The summed E-state index contributed by atoms with van der Waals surface area (Å²) in [5.74, 6) is 0. The number of rotatable bonds is 2. The van der Waals surface area contributed by atoms with Gasteiger partial charge in [-0.15, -0.1) is 93.9 Å². The normalized spacial score (nSPS) is 10.2. The van der Waals surface area contributed by atoms with Crippen molar-refractivity contribution in [2.24, 2.45) is 0 Å². The molecular formula is C46H50Cl2Si3Zr. The van der Waals surface area contributed by atoms with Crippen LogP contribution < -0.4 is 0 Å². The topological polar surface area (TPSA) is 0 Å². The van der Waals surface area contributed by atoms with Gasteiger partial charge in [0.1, 0.15) is 0 Å². The first-order valence-electron chi connectivity index (χ1n) is 17.2. The van der Waals surface area contributed by atoms with E-state index in [1.165, 1.54) is 99.8 Å². The molecule has 0 saturated carbocycles. The molecule has 0 aliphatic carbocycles. The van der Waals surface area contributed by atoms with Crippen molar-refractivity contribution in [1.29, 1.82) is 0 Å².